The van der Waals surface area contributed by atoms with Gasteiger partial charge in [-0.15, -0.1) is 0 Å². The lowest BCUT2D eigenvalue weighted by atomic mass is 9.81. The molecule has 15 heavy (non-hydrogen) atoms. The van der Waals surface area contributed by atoms with Gasteiger partial charge in [0.05, 0.1) is 0 Å². The Bertz CT molecular complexity index is 390. The van der Waals surface area contributed by atoms with E-state index in [0.29, 0.717) is 11.7 Å². The van der Waals surface area contributed by atoms with Crippen LogP contribution >= 0.6 is 0 Å². The summed E-state index contributed by atoms with van der Waals surface area (Å²) >= 11 is 0. The molecule has 1 nitrogen and oxygen atoms in total. The van der Waals surface area contributed by atoms with Crippen molar-refractivity contribution >= 4 is 5.78 Å². The van der Waals surface area contributed by atoms with Gasteiger partial charge in [0.2, 0.25) is 0 Å². The normalized spacial score (nSPS) is 20.5. The van der Waals surface area contributed by atoms with E-state index >= 15 is 0 Å². The molecular formula is C14H18O. The smallest absolute Gasteiger partial charge is 0.140 e. The molecule has 0 bridgehead atoms. The van der Waals surface area contributed by atoms with Gasteiger partial charge in [0, 0.05) is 12.3 Å². The van der Waals surface area contributed by atoms with Gasteiger partial charge in [-0.25, -0.2) is 0 Å². The zero-order valence-electron chi connectivity index (χ0n) is 9.71. The number of hydrogen-bond acceptors (Lipinski definition) is 1. The van der Waals surface area contributed by atoms with Crippen LogP contribution in [-0.2, 0) is 11.2 Å². The van der Waals surface area contributed by atoms with E-state index < -0.39 is 0 Å². The van der Waals surface area contributed by atoms with Crippen molar-refractivity contribution in [3.05, 3.63) is 34.9 Å². The quantitative estimate of drug-likeness (QED) is 0.682. The highest BCUT2D eigenvalue weighted by atomic mass is 16.1. The third kappa shape index (κ3) is 1.83. The summed E-state index contributed by atoms with van der Waals surface area (Å²) in [5.41, 5.74) is 4.01. The maximum Gasteiger partial charge on any atom is 0.140 e. The van der Waals surface area contributed by atoms with Crippen molar-refractivity contribution in [3.63, 3.8) is 0 Å². The highest BCUT2D eigenvalue weighted by Gasteiger charge is 2.23. The first kappa shape index (κ1) is 10.4. The maximum atomic E-state index is 11.6. The van der Waals surface area contributed by atoms with Crippen molar-refractivity contribution in [1.82, 2.24) is 0 Å². The molecule has 0 amide bonds. The van der Waals surface area contributed by atoms with E-state index in [0.717, 1.165) is 12.8 Å². The fraction of sp³-hybridized carbons (Fsp3) is 0.500. The zero-order valence-corrected chi connectivity index (χ0v) is 9.71. The number of ketones is 1. The highest BCUT2D eigenvalue weighted by molar-refractivity contribution is 5.87. The van der Waals surface area contributed by atoms with E-state index in [1.165, 1.54) is 16.7 Å². The second-order valence-corrected chi connectivity index (χ2v) is 4.80. The maximum absolute atomic E-state index is 11.6. The number of fused-ring (bicyclic) bond motifs is 1. The molecule has 1 heteroatoms. The van der Waals surface area contributed by atoms with Gasteiger partial charge in [-0.3, -0.25) is 4.79 Å². The second-order valence-electron chi connectivity index (χ2n) is 4.80. The van der Waals surface area contributed by atoms with Crippen molar-refractivity contribution in [2.75, 3.05) is 0 Å². The van der Waals surface area contributed by atoms with E-state index in [4.69, 9.17) is 0 Å². The standard InChI is InChI=1S/C14H18O/c1-9(2)11-4-6-13-10(3)14(15)7-5-12(13)8-11/h4,6,8-10H,5,7H2,1-3H3. The largest absolute Gasteiger partial charge is 0.299 e. The van der Waals surface area contributed by atoms with E-state index in [1.807, 2.05) is 6.92 Å². The molecule has 80 valence electrons. The molecule has 0 spiro atoms. The Hall–Kier alpha value is -1.11. The molecule has 0 N–H and O–H groups in total. The predicted octanol–water partition coefficient (Wildman–Crippen LogP) is 3.43. The summed E-state index contributed by atoms with van der Waals surface area (Å²) in [6.07, 6.45) is 1.65. The Kier molecular flexibility index (Phi) is 2.64. The van der Waals surface area contributed by atoms with Crippen LogP contribution in [0.5, 0.6) is 0 Å². The van der Waals surface area contributed by atoms with Crippen LogP contribution in [0, 0.1) is 0 Å². The summed E-state index contributed by atoms with van der Waals surface area (Å²) in [7, 11) is 0. The highest BCUT2D eigenvalue weighted by Crippen LogP contribution is 2.30. The van der Waals surface area contributed by atoms with E-state index in [9.17, 15) is 4.79 Å². The van der Waals surface area contributed by atoms with Gasteiger partial charge in [-0.2, -0.15) is 0 Å². The van der Waals surface area contributed by atoms with Gasteiger partial charge in [-0.1, -0.05) is 39.0 Å². The van der Waals surface area contributed by atoms with Crippen LogP contribution in [0.1, 0.15) is 55.7 Å². The van der Waals surface area contributed by atoms with Crippen molar-refractivity contribution in [3.8, 4) is 0 Å². The molecule has 0 heterocycles. The van der Waals surface area contributed by atoms with Crippen molar-refractivity contribution in [2.24, 2.45) is 0 Å². The van der Waals surface area contributed by atoms with Crippen LogP contribution in [-0.4, -0.2) is 5.78 Å². The third-order valence-electron chi connectivity index (χ3n) is 3.42. The molecule has 0 aliphatic heterocycles. The zero-order chi connectivity index (χ0) is 11.0. The molecule has 1 aliphatic rings. The van der Waals surface area contributed by atoms with Crippen molar-refractivity contribution in [2.45, 2.75) is 45.4 Å². The lowest BCUT2D eigenvalue weighted by molar-refractivity contribution is -0.120. The molecule has 1 unspecified atom stereocenters. The Morgan fingerprint density at radius 3 is 2.67 bits per heavy atom. The summed E-state index contributed by atoms with van der Waals surface area (Å²) in [5.74, 6) is 1.07. The van der Waals surface area contributed by atoms with Crippen LogP contribution in [0.15, 0.2) is 18.2 Å². The first-order valence-electron chi connectivity index (χ1n) is 5.75. The minimum Gasteiger partial charge on any atom is -0.299 e. The number of aryl methyl sites for hydroxylation is 1. The number of Topliss-reactive ketones (excluding diaryl/α,β-unsaturated/α-hetero) is 1. The first-order chi connectivity index (χ1) is 7.09. The Labute approximate surface area is 91.5 Å². The summed E-state index contributed by atoms with van der Waals surface area (Å²) in [6, 6.07) is 6.59. The number of carbonyl (C=O) groups is 1. The van der Waals surface area contributed by atoms with Gasteiger partial charge in [0.1, 0.15) is 5.78 Å². The van der Waals surface area contributed by atoms with Gasteiger partial charge < -0.3 is 0 Å². The van der Waals surface area contributed by atoms with Crippen LogP contribution in [0.4, 0.5) is 0 Å². The topological polar surface area (TPSA) is 17.1 Å². The number of benzene rings is 1. The summed E-state index contributed by atoms with van der Waals surface area (Å²) in [6.45, 7) is 6.44. The van der Waals surface area contributed by atoms with Crippen molar-refractivity contribution in [1.29, 1.82) is 0 Å². The number of hydrogen-bond donors (Lipinski definition) is 0. The third-order valence-corrected chi connectivity index (χ3v) is 3.42. The molecule has 0 saturated carbocycles. The molecule has 0 fully saturated rings. The minimum absolute atomic E-state index is 0.106. The average Bonchev–Trinajstić information content (AvgIpc) is 2.23. The van der Waals surface area contributed by atoms with Gasteiger partial charge in [0.25, 0.3) is 0 Å². The molecule has 1 aromatic carbocycles. The Morgan fingerprint density at radius 2 is 2.00 bits per heavy atom. The fourth-order valence-electron chi connectivity index (χ4n) is 2.27. The first-order valence-corrected chi connectivity index (χ1v) is 5.75. The lowest BCUT2D eigenvalue weighted by Crippen LogP contribution is -2.18. The van der Waals surface area contributed by atoms with Crippen LogP contribution in [0.2, 0.25) is 0 Å². The molecule has 0 radical (unpaired) electrons. The van der Waals surface area contributed by atoms with Crippen LogP contribution in [0.3, 0.4) is 0 Å². The SMILES string of the molecule is CC(C)c1ccc2c(c1)CCC(=O)C2C. The molecular weight excluding hydrogens is 184 g/mol. The van der Waals surface area contributed by atoms with E-state index in [2.05, 4.69) is 32.0 Å². The van der Waals surface area contributed by atoms with Gasteiger partial charge in [0.15, 0.2) is 0 Å². The fourth-order valence-corrected chi connectivity index (χ4v) is 2.27. The number of rotatable bonds is 1. The predicted molar refractivity (Wildman–Crippen MR) is 62.3 cm³/mol. The Morgan fingerprint density at radius 1 is 1.27 bits per heavy atom. The van der Waals surface area contributed by atoms with Crippen molar-refractivity contribution < 1.29 is 4.79 Å². The monoisotopic (exact) mass is 202 g/mol. The van der Waals surface area contributed by atoms with Gasteiger partial charge in [-0.05, 0) is 29.0 Å². The molecule has 1 aromatic rings. The summed E-state index contributed by atoms with van der Waals surface area (Å²) in [4.78, 5) is 11.6. The molecule has 1 aliphatic carbocycles. The van der Waals surface area contributed by atoms with Crippen LogP contribution in [0.25, 0.3) is 0 Å². The Balaban J connectivity index is 2.42. The molecule has 0 saturated heterocycles. The second kappa shape index (κ2) is 3.80. The van der Waals surface area contributed by atoms with E-state index in [-0.39, 0.29) is 5.92 Å². The average molecular weight is 202 g/mol. The van der Waals surface area contributed by atoms with Crippen LogP contribution < -0.4 is 0 Å². The molecule has 1 atom stereocenters. The van der Waals surface area contributed by atoms with E-state index in [1.54, 1.807) is 0 Å². The summed E-state index contributed by atoms with van der Waals surface area (Å²) in [5, 5.41) is 0. The van der Waals surface area contributed by atoms with Gasteiger partial charge >= 0.3 is 0 Å². The molecule has 2 rings (SSSR count). The summed E-state index contributed by atoms with van der Waals surface area (Å²) < 4.78 is 0. The minimum atomic E-state index is 0.106. The molecule has 0 aromatic heterocycles. The lowest BCUT2D eigenvalue weighted by Gasteiger charge is -2.22. The number of carbonyl (C=O) groups excluding carboxylic acids is 1.